The number of hydrogen-bond acceptors (Lipinski definition) is 4. The van der Waals surface area contributed by atoms with Crippen molar-refractivity contribution < 1.29 is 24.2 Å². The Bertz CT molecular complexity index is 1070. The zero-order chi connectivity index (χ0) is 24.4. The Morgan fingerprint density at radius 3 is 2.06 bits per heavy atom. The summed E-state index contributed by atoms with van der Waals surface area (Å²) in [6.45, 7) is 0.492. The van der Waals surface area contributed by atoms with Gasteiger partial charge in [0.15, 0.2) is 0 Å². The lowest BCUT2D eigenvalue weighted by atomic mass is 9.67. The van der Waals surface area contributed by atoms with Crippen molar-refractivity contribution in [3.8, 4) is 11.1 Å². The predicted octanol–water partition coefficient (Wildman–Crippen LogP) is 4.46. The van der Waals surface area contributed by atoms with Gasteiger partial charge in [0.2, 0.25) is 5.91 Å². The van der Waals surface area contributed by atoms with Gasteiger partial charge in [-0.15, -0.1) is 0 Å². The van der Waals surface area contributed by atoms with Gasteiger partial charge in [0.1, 0.15) is 6.61 Å². The van der Waals surface area contributed by atoms with E-state index in [0.29, 0.717) is 25.7 Å². The van der Waals surface area contributed by atoms with E-state index in [9.17, 15) is 19.5 Å². The normalized spacial score (nSPS) is 22.3. The summed E-state index contributed by atoms with van der Waals surface area (Å²) in [6, 6.07) is 16.4. The molecule has 3 aliphatic rings. The molecule has 2 amide bonds. The van der Waals surface area contributed by atoms with E-state index in [2.05, 4.69) is 34.9 Å². The number of benzene rings is 2. The quantitative estimate of drug-likeness (QED) is 0.547. The first kappa shape index (κ1) is 23.4. The van der Waals surface area contributed by atoms with Crippen LogP contribution >= 0.6 is 0 Å². The number of alkyl carbamates (subject to hydrolysis) is 1. The van der Waals surface area contributed by atoms with E-state index in [-0.39, 0.29) is 36.9 Å². The molecular formula is C28H32N2O5. The second-order valence-electron chi connectivity index (χ2n) is 10.2. The molecule has 2 fully saturated rings. The number of hydrogen-bond donors (Lipinski definition) is 3. The molecule has 0 heterocycles. The first-order chi connectivity index (χ1) is 17.0. The Morgan fingerprint density at radius 2 is 1.51 bits per heavy atom. The predicted molar refractivity (Wildman–Crippen MR) is 131 cm³/mol. The fraction of sp³-hybridized carbons (Fsp3) is 0.464. The minimum absolute atomic E-state index is 0.00459. The number of carboxylic acid groups (broad SMARTS) is 1. The first-order valence-electron chi connectivity index (χ1n) is 12.6. The number of carboxylic acids is 1. The highest BCUT2D eigenvalue weighted by Crippen LogP contribution is 2.44. The van der Waals surface area contributed by atoms with E-state index in [4.69, 9.17) is 4.74 Å². The molecule has 0 atom stereocenters. The maximum atomic E-state index is 13.1. The van der Waals surface area contributed by atoms with Gasteiger partial charge in [-0.25, -0.2) is 4.79 Å². The fourth-order valence-corrected chi connectivity index (χ4v) is 5.80. The zero-order valence-electron chi connectivity index (χ0n) is 19.8. The van der Waals surface area contributed by atoms with Gasteiger partial charge in [-0.2, -0.15) is 0 Å². The highest BCUT2D eigenvalue weighted by atomic mass is 16.5. The number of nitrogens with one attached hydrogen (secondary N) is 2. The van der Waals surface area contributed by atoms with Gasteiger partial charge in [-0.1, -0.05) is 55.0 Å². The molecule has 2 aromatic carbocycles. The fourth-order valence-electron chi connectivity index (χ4n) is 5.80. The molecule has 35 heavy (non-hydrogen) atoms. The summed E-state index contributed by atoms with van der Waals surface area (Å²) in [5, 5.41) is 15.1. The molecule has 2 saturated carbocycles. The van der Waals surface area contributed by atoms with Crippen molar-refractivity contribution in [2.45, 2.75) is 56.9 Å². The minimum atomic E-state index is -0.752. The van der Waals surface area contributed by atoms with Crippen LogP contribution < -0.4 is 10.6 Å². The summed E-state index contributed by atoms with van der Waals surface area (Å²) < 4.78 is 5.63. The van der Waals surface area contributed by atoms with Crippen LogP contribution in [-0.4, -0.2) is 42.3 Å². The highest BCUT2D eigenvalue weighted by Gasteiger charge is 2.45. The monoisotopic (exact) mass is 476 g/mol. The smallest absolute Gasteiger partial charge is 0.407 e. The van der Waals surface area contributed by atoms with Crippen LogP contribution in [0.15, 0.2) is 48.5 Å². The number of fused-ring (bicyclic) bond motifs is 3. The lowest BCUT2D eigenvalue weighted by Crippen LogP contribution is -2.55. The van der Waals surface area contributed by atoms with Gasteiger partial charge >= 0.3 is 12.1 Å². The van der Waals surface area contributed by atoms with Crippen LogP contribution in [0.3, 0.4) is 0 Å². The number of aliphatic carboxylic acids is 1. The Labute approximate surface area is 205 Å². The summed E-state index contributed by atoms with van der Waals surface area (Å²) in [6.07, 6.45) is 4.44. The molecule has 3 N–H and O–H groups in total. The molecule has 5 rings (SSSR count). The third-order valence-electron chi connectivity index (χ3n) is 8.12. The molecule has 0 aliphatic heterocycles. The van der Waals surface area contributed by atoms with Crippen LogP contribution in [0.5, 0.6) is 0 Å². The highest BCUT2D eigenvalue weighted by molar-refractivity contribution is 5.85. The van der Waals surface area contributed by atoms with E-state index in [1.807, 2.05) is 24.3 Å². The van der Waals surface area contributed by atoms with Gasteiger partial charge in [0.05, 0.1) is 11.3 Å². The van der Waals surface area contributed by atoms with Crippen molar-refractivity contribution in [2.24, 2.45) is 11.3 Å². The SMILES string of the molecule is O=C(NCC1(C(=O)NC2CCC(C(=O)O)CC2)CCC1)OCC1c2ccccc2-c2ccccc21. The molecule has 0 aromatic heterocycles. The third kappa shape index (κ3) is 4.64. The summed E-state index contributed by atoms with van der Waals surface area (Å²) in [5.74, 6) is -1.11. The Kier molecular flexibility index (Phi) is 6.50. The topological polar surface area (TPSA) is 105 Å². The van der Waals surface area contributed by atoms with Crippen molar-refractivity contribution in [1.82, 2.24) is 10.6 Å². The molecule has 0 spiro atoms. The summed E-state index contributed by atoms with van der Waals surface area (Å²) in [4.78, 5) is 36.8. The number of amides is 2. The minimum Gasteiger partial charge on any atom is -0.481 e. The molecule has 2 aromatic rings. The largest absolute Gasteiger partial charge is 0.481 e. The molecule has 3 aliphatic carbocycles. The lowest BCUT2D eigenvalue weighted by molar-refractivity contribution is -0.143. The van der Waals surface area contributed by atoms with Crippen molar-refractivity contribution in [2.75, 3.05) is 13.2 Å². The van der Waals surface area contributed by atoms with Crippen LogP contribution in [0, 0.1) is 11.3 Å². The second kappa shape index (κ2) is 9.72. The van der Waals surface area contributed by atoms with E-state index in [0.717, 1.165) is 30.4 Å². The van der Waals surface area contributed by atoms with Gasteiger partial charge < -0.3 is 20.5 Å². The number of ether oxygens (including phenoxy) is 1. The molecule has 7 nitrogen and oxygen atoms in total. The number of carbonyl (C=O) groups excluding carboxylic acids is 2. The molecule has 184 valence electrons. The molecule has 0 bridgehead atoms. The average molecular weight is 477 g/mol. The second-order valence-corrected chi connectivity index (χ2v) is 10.2. The van der Waals surface area contributed by atoms with Crippen molar-refractivity contribution in [3.05, 3.63) is 59.7 Å². The molecule has 0 saturated heterocycles. The maximum absolute atomic E-state index is 13.1. The first-order valence-corrected chi connectivity index (χ1v) is 12.6. The van der Waals surface area contributed by atoms with Gasteiger partial charge in [-0.3, -0.25) is 9.59 Å². The molecule has 0 unspecified atom stereocenters. The van der Waals surface area contributed by atoms with Crippen LogP contribution in [0.25, 0.3) is 11.1 Å². The number of rotatable bonds is 7. The Hall–Kier alpha value is -3.35. The van der Waals surface area contributed by atoms with Crippen LogP contribution in [0.2, 0.25) is 0 Å². The van der Waals surface area contributed by atoms with Crippen LogP contribution in [0.1, 0.15) is 62.0 Å². The third-order valence-corrected chi connectivity index (χ3v) is 8.12. The number of carbonyl (C=O) groups is 3. The Morgan fingerprint density at radius 1 is 0.914 bits per heavy atom. The lowest BCUT2D eigenvalue weighted by Gasteiger charge is -2.41. The standard InChI is InChI=1S/C28H32N2O5/c31-25(32)18-10-12-19(13-11-18)30-26(33)28(14-5-15-28)17-29-27(34)35-16-24-22-8-3-1-6-20(22)21-7-2-4-9-23(21)24/h1-4,6-9,18-19,24H,5,10-17H2,(H,29,34)(H,30,33)(H,31,32). The summed E-state index contributed by atoms with van der Waals surface area (Å²) in [5.41, 5.74) is 4.08. The van der Waals surface area contributed by atoms with E-state index >= 15 is 0 Å². The van der Waals surface area contributed by atoms with E-state index in [1.54, 1.807) is 0 Å². The van der Waals surface area contributed by atoms with Crippen LogP contribution in [-0.2, 0) is 14.3 Å². The van der Waals surface area contributed by atoms with Crippen LogP contribution in [0.4, 0.5) is 4.79 Å². The molecular weight excluding hydrogens is 444 g/mol. The van der Waals surface area contributed by atoms with Crippen molar-refractivity contribution in [3.63, 3.8) is 0 Å². The van der Waals surface area contributed by atoms with Gasteiger partial charge in [0.25, 0.3) is 0 Å². The van der Waals surface area contributed by atoms with Gasteiger partial charge in [0, 0.05) is 18.5 Å². The average Bonchev–Trinajstić information content (AvgIpc) is 3.16. The summed E-state index contributed by atoms with van der Waals surface area (Å²) >= 11 is 0. The molecule has 0 radical (unpaired) electrons. The Balaban J connectivity index is 1.14. The van der Waals surface area contributed by atoms with E-state index in [1.165, 1.54) is 11.1 Å². The van der Waals surface area contributed by atoms with Crippen molar-refractivity contribution >= 4 is 18.0 Å². The maximum Gasteiger partial charge on any atom is 0.407 e. The summed E-state index contributed by atoms with van der Waals surface area (Å²) in [7, 11) is 0. The molecule has 7 heteroatoms. The zero-order valence-corrected chi connectivity index (χ0v) is 19.8. The van der Waals surface area contributed by atoms with Gasteiger partial charge in [-0.05, 0) is 60.8 Å². The van der Waals surface area contributed by atoms with E-state index < -0.39 is 17.5 Å². The van der Waals surface area contributed by atoms with Crippen molar-refractivity contribution in [1.29, 1.82) is 0 Å².